The van der Waals surface area contributed by atoms with Crippen LogP contribution >= 0.6 is 22.9 Å². The Hall–Kier alpha value is -2.95. The topological polar surface area (TPSA) is 124 Å². The fraction of sp³-hybridized carbons (Fsp3) is 0.263. The van der Waals surface area contributed by atoms with E-state index in [1.165, 1.54) is 15.7 Å². The molecule has 3 heterocycles. The van der Waals surface area contributed by atoms with Crippen molar-refractivity contribution < 1.29 is 19.8 Å². The summed E-state index contributed by atoms with van der Waals surface area (Å²) in [7, 11) is 0. The van der Waals surface area contributed by atoms with Crippen LogP contribution in [0.2, 0.25) is 5.02 Å². The third-order valence-electron chi connectivity index (χ3n) is 4.82. The number of aromatic hydroxyl groups is 1. The zero-order valence-electron chi connectivity index (χ0n) is 15.6. The maximum Gasteiger partial charge on any atom is 0.322 e. The highest BCUT2D eigenvalue weighted by Gasteiger charge is 2.27. The van der Waals surface area contributed by atoms with Crippen molar-refractivity contribution in [3.8, 4) is 5.88 Å². The minimum absolute atomic E-state index is 0.297. The molecule has 1 aromatic carbocycles. The molecule has 3 N–H and O–H groups in total. The lowest BCUT2D eigenvalue weighted by molar-refractivity contribution is -0.135. The predicted molar refractivity (Wildman–Crippen MR) is 110 cm³/mol. The highest BCUT2D eigenvalue weighted by Crippen LogP contribution is 2.29. The summed E-state index contributed by atoms with van der Waals surface area (Å²) in [5, 5.41) is 21.6. The number of fused-ring (bicyclic) bond motifs is 3. The summed E-state index contributed by atoms with van der Waals surface area (Å²) in [4.78, 5) is 43.2. The fourth-order valence-electron chi connectivity index (χ4n) is 3.44. The van der Waals surface area contributed by atoms with Gasteiger partial charge in [-0.1, -0.05) is 35.1 Å². The van der Waals surface area contributed by atoms with Crippen LogP contribution in [0, 0.1) is 0 Å². The van der Waals surface area contributed by atoms with Crippen molar-refractivity contribution in [2.45, 2.75) is 19.5 Å². The molecule has 1 aliphatic rings. The molecule has 4 rings (SSSR count). The van der Waals surface area contributed by atoms with Gasteiger partial charge in [0.1, 0.15) is 6.54 Å². The Labute approximate surface area is 179 Å². The van der Waals surface area contributed by atoms with Crippen LogP contribution in [0.15, 0.2) is 29.1 Å². The third kappa shape index (κ3) is 3.89. The predicted octanol–water partition coefficient (Wildman–Crippen LogP) is 1.49. The minimum atomic E-state index is -1.26. The van der Waals surface area contributed by atoms with Gasteiger partial charge in [-0.3, -0.25) is 23.7 Å². The molecule has 3 aromatic rings. The summed E-state index contributed by atoms with van der Waals surface area (Å²) in [6.07, 6.45) is 0.575. The largest absolute Gasteiger partial charge is 0.492 e. The van der Waals surface area contributed by atoms with Crippen LogP contribution in [0.25, 0.3) is 4.96 Å². The number of hydrogen-bond acceptors (Lipinski definition) is 7. The number of nitrogens with one attached hydrogen (secondary N) is 1. The summed E-state index contributed by atoms with van der Waals surface area (Å²) in [6.45, 7) is 1.37. The SMILES string of the molecule is O=C(O)CNC(=O)c1c(O)nc2sc3c(n2c1=O)CCN(Cc1ccc(Cl)cc1)C3. The Bertz CT molecular complexity index is 1200. The number of carboxylic acids is 1. The molecule has 0 bridgehead atoms. The standard InChI is InChI=1S/C19H17ClN4O5S/c20-11-3-1-10(2-4-11)8-23-6-5-12-13(9-23)30-19-22-17(28)15(18(29)24(12)19)16(27)21-7-14(25)26/h1-4,28H,5-9H2,(H,21,27)(H,25,26). The number of aliphatic carboxylic acids is 1. The zero-order valence-corrected chi connectivity index (χ0v) is 17.2. The lowest BCUT2D eigenvalue weighted by Gasteiger charge is -2.26. The summed E-state index contributed by atoms with van der Waals surface area (Å²) in [5.41, 5.74) is 0.614. The second-order valence-corrected chi connectivity index (χ2v) is 8.37. The monoisotopic (exact) mass is 448 g/mol. The van der Waals surface area contributed by atoms with Crippen molar-refractivity contribution in [2.24, 2.45) is 0 Å². The van der Waals surface area contributed by atoms with Crippen LogP contribution in [-0.4, -0.2) is 49.5 Å². The Kier molecular flexibility index (Phi) is 5.46. The van der Waals surface area contributed by atoms with Gasteiger partial charge in [0, 0.05) is 41.6 Å². The molecule has 0 saturated carbocycles. The summed E-state index contributed by atoms with van der Waals surface area (Å²) in [6, 6.07) is 7.62. The number of amides is 1. The quantitative estimate of drug-likeness (QED) is 0.540. The number of carboxylic acid groups (broad SMARTS) is 1. The van der Waals surface area contributed by atoms with Crippen LogP contribution in [-0.2, 0) is 24.3 Å². The molecule has 30 heavy (non-hydrogen) atoms. The van der Waals surface area contributed by atoms with Crippen LogP contribution in [0.4, 0.5) is 0 Å². The number of rotatable bonds is 5. The normalized spacial score (nSPS) is 13.9. The maximum atomic E-state index is 12.9. The van der Waals surface area contributed by atoms with E-state index in [2.05, 4.69) is 15.2 Å². The lowest BCUT2D eigenvalue weighted by atomic mass is 10.1. The second-order valence-electron chi connectivity index (χ2n) is 6.87. The van der Waals surface area contributed by atoms with Gasteiger partial charge in [0.25, 0.3) is 11.5 Å². The molecular formula is C19H17ClN4O5S. The Morgan fingerprint density at radius 3 is 2.70 bits per heavy atom. The second kappa shape index (κ2) is 8.05. The van der Waals surface area contributed by atoms with Crippen molar-refractivity contribution in [1.29, 1.82) is 0 Å². The highest BCUT2D eigenvalue weighted by molar-refractivity contribution is 7.17. The number of nitrogens with zero attached hydrogens (tertiary/aromatic N) is 3. The number of hydrogen-bond donors (Lipinski definition) is 3. The number of aromatic nitrogens is 2. The molecule has 9 nitrogen and oxygen atoms in total. The molecule has 0 spiro atoms. The van der Waals surface area contributed by atoms with E-state index in [4.69, 9.17) is 16.7 Å². The maximum absolute atomic E-state index is 12.9. The average Bonchev–Trinajstić information content (AvgIpc) is 3.05. The summed E-state index contributed by atoms with van der Waals surface area (Å²) in [5.74, 6) is -2.94. The van der Waals surface area contributed by atoms with E-state index in [0.29, 0.717) is 29.5 Å². The molecule has 0 aliphatic carbocycles. The molecule has 156 valence electrons. The molecule has 1 aliphatic heterocycles. The Balaban J connectivity index is 1.63. The first-order chi connectivity index (χ1) is 14.3. The highest BCUT2D eigenvalue weighted by atomic mass is 35.5. The van der Waals surface area contributed by atoms with E-state index in [9.17, 15) is 19.5 Å². The molecular weight excluding hydrogens is 432 g/mol. The zero-order chi connectivity index (χ0) is 21.4. The lowest BCUT2D eigenvalue weighted by Crippen LogP contribution is -2.36. The fourth-order valence-corrected chi connectivity index (χ4v) is 4.76. The number of thiazole rings is 1. The van der Waals surface area contributed by atoms with Crippen LogP contribution < -0.4 is 10.9 Å². The number of carbonyl (C=O) groups is 2. The minimum Gasteiger partial charge on any atom is -0.492 e. The molecule has 0 unspecified atom stereocenters. The molecule has 0 fully saturated rings. The van der Waals surface area contributed by atoms with Gasteiger partial charge in [-0.2, -0.15) is 4.98 Å². The number of benzene rings is 1. The first kappa shape index (κ1) is 20.3. The van der Waals surface area contributed by atoms with Gasteiger partial charge in [-0.15, -0.1) is 0 Å². The molecule has 1 amide bonds. The van der Waals surface area contributed by atoms with Crippen LogP contribution in [0.5, 0.6) is 5.88 Å². The first-order valence-corrected chi connectivity index (χ1v) is 10.3. The van der Waals surface area contributed by atoms with Gasteiger partial charge in [-0.05, 0) is 17.7 Å². The van der Waals surface area contributed by atoms with E-state index < -0.39 is 35.4 Å². The van der Waals surface area contributed by atoms with Crippen molar-refractivity contribution >= 4 is 39.8 Å². The Morgan fingerprint density at radius 1 is 1.27 bits per heavy atom. The van der Waals surface area contributed by atoms with Gasteiger partial charge in [0.15, 0.2) is 10.5 Å². The van der Waals surface area contributed by atoms with Gasteiger partial charge >= 0.3 is 5.97 Å². The van der Waals surface area contributed by atoms with E-state index >= 15 is 0 Å². The molecule has 2 aromatic heterocycles. The number of halogens is 1. The van der Waals surface area contributed by atoms with E-state index in [0.717, 1.165) is 22.7 Å². The van der Waals surface area contributed by atoms with Crippen LogP contribution in [0.3, 0.4) is 0 Å². The molecule has 0 atom stereocenters. The molecule has 0 radical (unpaired) electrons. The van der Waals surface area contributed by atoms with Gasteiger partial charge in [0.2, 0.25) is 5.88 Å². The first-order valence-electron chi connectivity index (χ1n) is 9.06. The van der Waals surface area contributed by atoms with Gasteiger partial charge in [0.05, 0.1) is 0 Å². The number of carbonyl (C=O) groups excluding carboxylic acids is 1. The van der Waals surface area contributed by atoms with Gasteiger partial charge in [-0.25, -0.2) is 0 Å². The van der Waals surface area contributed by atoms with Crippen LogP contribution in [0.1, 0.15) is 26.5 Å². The van der Waals surface area contributed by atoms with E-state index in [-0.39, 0.29) is 0 Å². The summed E-state index contributed by atoms with van der Waals surface area (Å²) >= 11 is 7.22. The Morgan fingerprint density at radius 2 is 2.00 bits per heavy atom. The van der Waals surface area contributed by atoms with Crippen molar-refractivity contribution in [3.63, 3.8) is 0 Å². The van der Waals surface area contributed by atoms with E-state index in [1.54, 1.807) is 0 Å². The average molecular weight is 449 g/mol. The summed E-state index contributed by atoms with van der Waals surface area (Å²) < 4.78 is 1.34. The van der Waals surface area contributed by atoms with Crippen molar-refractivity contribution in [2.75, 3.05) is 13.1 Å². The molecule has 11 heteroatoms. The smallest absolute Gasteiger partial charge is 0.322 e. The van der Waals surface area contributed by atoms with Gasteiger partial charge < -0.3 is 15.5 Å². The van der Waals surface area contributed by atoms with Crippen molar-refractivity contribution in [3.05, 3.63) is 61.3 Å². The molecule has 0 saturated heterocycles. The van der Waals surface area contributed by atoms with E-state index in [1.807, 2.05) is 24.3 Å². The van der Waals surface area contributed by atoms with Crippen molar-refractivity contribution in [1.82, 2.24) is 19.6 Å². The third-order valence-corrected chi connectivity index (χ3v) is 6.14.